The van der Waals surface area contributed by atoms with Crippen LogP contribution in [0.1, 0.15) is 19.4 Å². The molecule has 0 aliphatic carbocycles. The Morgan fingerprint density at radius 3 is 2.77 bits per heavy atom. The van der Waals surface area contributed by atoms with Crippen molar-refractivity contribution in [3.05, 3.63) is 29.8 Å². The van der Waals surface area contributed by atoms with Crippen molar-refractivity contribution in [3.63, 3.8) is 0 Å². The topological polar surface area (TPSA) is 35.2 Å². The first kappa shape index (κ1) is 9.65. The zero-order valence-corrected chi connectivity index (χ0v) is 8.08. The SMILES string of the molecule is C/C=C/c1ccc(OCC)c(N)c1. The molecule has 1 rings (SSSR count). The van der Waals surface area contributed by atoms with Crippen molar-refractivity contribution >= 4 is 11.8 Å². The fourth-order valence-electron chi connectivity index (χ4n) is 1.15. The lowest BCUT2D eigenvalue weighted by atomic mass is 10.2. The van der Waals surface area contributed by atoms with Gasteiger partial charge >= 0.3 is 0 Å². The van der Waals surface area contributed by atoms with Gasteiger partial charge in [0.1, 0.15) is 5.75 Å². The summed E-state index contributed by atoms with van der Waals surface area (Å²) < 4.78 is 5.32. The third-order valence-electron chi connectivity index (χ3n) is 1.69. The summed E-state index contributed by atoms with van der Waals surface area (Å²) >= 11 is 0. The van der Waals surface area contributed by atoms with Crippen LogP contribution in [0.2, 0.25) is 0 Å². The maximum absolute atomic E-state index is 5.78. The summed E-state index contributed by atoms with van der Waals surface area (Å²) in [6, 6.07) is 5.79. The third-order valence-corrected chi connectivity index (χ3v) is 1.69. The number of nitrogens with two attached hydrogens (primary N) is 1. The molecule has 0 atom stereocenters. The summed E-state index contributed by atoms with van der Waals surface area (Å²) in [5, 5.41) is 0. The predicted octanol–water partition coefficient (Wildman–Crippen LogP) is 2.70. The Labute approximate surface area is 79.0 Å². The van der Waals surface area contributed by atoms with E-state index in [1.54, 1.807) is 0 Å². The first-order valence-electron chi connectivity index (χ1n) is 4.43. The highest BCUT2D eigenvalue weighted by Gasteiger charge is 1.98. The van der Waals surface area contributed by atoms with Gasteiger partial charge in [0, 0.05) is 0 Å². The second-order valence-corrected chi connectivity index (χ2v) is 2.73. The summed E-state index contributed by atoms with van der Waals surface area (Å²) in [7, 11) is 0. The standard InChI is InChI=1S/C11H15NO/c1-3-5-9-6-7-11(13-4-2)10(12)8-9/h3,5-8H,4,12H2,1-2H3/b5-3+. The smallest absolute Gasteiger partial charge is 0.142 e. The minimum Gasteiger partial charge on any atom is -0.492 e. The number of anilines is 1. The molecule has 0 fully saturated rings. The molecule has 0 aliphatic rings. The first-order chi connectivity index (χ1) is 6.27. The molecule has 2 nitrogen and oxygen atoms in total. The van der Waals surface area contributed by atoms with Crippen LogP contribution in [0.15, 0.2) is 24.3 Å². The molecule has 0 saturated heterocycles. The molecule has 0 aromatic heterocycles. The molecule has 0 amide bonds. The second kappa shape index (κ2) is 4.55. The monoisotopic (exact) mass is 177 g/mol. The van der Waals surface area contributed by atoms with E-state index >= 15 is 0 Å². The molecule has 13 heavy (non-hydrogen) atoms. The third kappa shape index (κ3) is 2.51. The Bertz CT molecular complexity index is 305. The number of benzene rings is 1. The Balaban J connectivity index is 2.91. The van der Waals surface area contributed by atoms with Crippen molar-refractivity contribution in [2.45, 2.75) is 13.8 Å². The Morgan fingerprint density at radius 1 is 1.46 bits per heavy atom. The number of hydrogen-bond donors (Lipinski definition) is 1. The quantitative estimate of drug-likeness (QED) is 0.720. The van der Waals surface area contributed by atoms with Crippen molar-refractivity contribution in [2.24, 2.45) is 0 Å². The van der Waals surface area contributed by atoms with Gasteiger partial charge in [-0.25, -0.2) is 0 Å². The van der Waals surface area contributed by atoms with Crippen molar-refractivity contribution in [2.75, 3.05) is 12.3 Å². The molecule has 0 bridgehead atoms. The lowest BCUT2D eigenvalue weighted by molar-refractivity contribution is 0.342. The molecule has 0 saturated carbocycles. The number of hydrogen-bond acceptors (Lipinski definition) is 2. The van der Waals surface area contributed by atoms with Crippen LogP contribution in [0.3, 0.4) is 0 Å². The van der Waals surface area contributed by atoms with E-state index < -0.39 is 0 Å². The highest BCUT2D eigenvalue weighted by atomic mass is 16.5. The molecular weight excluding hydrogens is 162 g/mol. The molecule has 0 heterocycles. The highest BCUT2D eigenvalue weighted by Crippen LogP contribution is 2.22. The lowest BCUT2D eigenvalue weighted by Gasteiger charge is -2.06. The van der Waals surface area contributed by atoms with E-state index in [2.05, 4.69) is 0 Å². The van der Waals surface area contributed by atoms with E-state index in [0.29, 0.717) is 12.3 Å². The zero-order valence-electron chi connectivity index (χ0n) is 8.08. The van der Waals surface area contributed by atoms with E-state index in [1.165, 1.54) is 0 Å². The first-order valence-corrected chi connectivity index (χ1v) is 4.43. The van der Waals surface area contributed by atoms with Crippen molar-refractivity contribution in [1.82, 2.24) is 0 Å². The van der Waals surface area contributed by atoms with Crippen LogP contribution in [0, 0.1) is 0 Å². The van der Waals surface area contributed by atoms with Crippen LogP contribution in [0.4, 0.5) is 5.69 Å². The predicted molar refractivity (Wildman–Crippen MR) is 56.7 cm³/mol. The molecule has 0 unspecified atom stereocenters. The van der Waals surface area contributed by atoms with Crippen molar-refractivity contribution in [3.8, 4) is 5.75 Å². The van der Waals surface area contributed by atoms with E-state index in [9.17, 15) is 0 Å². The Hall–Kier alpha value is -1.44. The lowest BCUT2D eigenvalue weighted by Crippen LogP contribution is -1.96. The van der Waals surface area contributed by atoms with E-state index in [1.807, 2.05) is 44.2 Å². The summed E-state index contributed by atoms with van der Waals surface area (Å²) in [4.78, 5) is 0. The number of allylic oxidation sites excluding steroid dienone is 1. The van der Waals surface area contributed by atoms with Gasteiger partial charge in [0.25, 0.3) is 0 Å². The molecular formula is C11H15NO. The minimum absolute atomic E-state index is 0.646. The van der Waals surface area contributed by atoms with Gasteiger partial charge in [-0.2, -0.15) is 0 Å². The van der Waals surface area contributed by atoms with Gasteiger partial charge in [-0.05, 0) is 31.5 Å². The fraction of sp³-hybridized carbons (Fsp3) is 0.273. The van der Waals surface area contributed by atoms with E-state index in [-0.39, 0.29) is 0 Å². The second-order valence-electron chi connectivity index (χ2n) is 2.73. The van der Waals surface area contributed by atoms with Crippen LogP contribution in [-0.4, -0.2) is 6.61 Å². The van der Waals surface area contributed by atoms with Crippen molar-refractivity contribution < 1.29 is 4.74 Å². The molecule has 0 radical (unpaired) electrons. The summed E-state index contributed by atoms with van der Waals surface area (Å²) in [6.07, 6.45) is 3.99. The minimum atomic E-state index is 0.646. The summed E-state index contributed by atoms with van der Waals surface area (Å²) in [6.45, 7) is 4.57. The molecule has 0 aliphatic heterocycles. The number of rotatable bonds is 3. The van der Waals surface area contributed by atoms with Crippen LogP contribution < -0.4 is 10.5 Å². The van der Waals surface area contributed by atoms with Crippen LogP contribution in [0.5, 0.6) is 5.75 Å². The van der Waals surface area contributed by atoms with E-state index in [0.717, 1.165) is 11.3 Å². The van der Waals surface area contributed by atoms with Crippen LogP contribution >= 0.6 is 0 Å². The molecule has 1 aromatic carbocycles. The maximum Gasteiger partial charge on any atom is 0.142 e. The summed E-state index contributed by atoms with van der Waals surface area (Å²) in [5.41, 5.74) is 7.57. The van der Waals surface area contributed by atoms with Gasteiger partial charge in [0.05, 0.1) is 12.3 Å². The average molecular weight is 177 g/mol. The van der Waals surface area contributed by atoms with Gasteiger partial charge < -0.3 is 10.5 Å². The average Bonchev–Trinajstić information content (AvgIpc) is 2.10. The highest BCUT2D eigenvalue weighted by molar-refractivity contribution is 5.61. The number of ether oxygens (including phenoxy) is 1. The molecule has 2 heteroatoms. The Morgan fingerprint density at radius 2 is 2.23 bits per heavy atom. The fourth-order valence-corrected chi connectivity index (χ4v) is 1.15. The van der Waals surface area contributed by atoms with Crippen LogP contribution in [-0.2, 0) is 0 Å². The largest absolute Gasteiger partial charge is 0.492 e. The maximum atomic E-state index is 5.78. The van der Waals surface area contributed by atoms with Gasteiger partial charge in [-0.15, -0.1) is 0 Å². The Kier molecular flexibility index (Phi) is 3.38. The number of nitrogen functional groups attached to an aromatic ring is 1. The zero-order chi connectivity index (χ0) is 9.68. The van der Waals surface area contributed by atoms with Gasteiger partial charge in [-0.3, -0.25) is 0 Å². The van der Waals surface area contributed by atoms with E-state index in [4.69, 9.17) is 10.5 Å². The molecule has 70 valence electrons. The van der Waals surface area contributed by atoms with Crippen molar-refractivity contribution in [1.29, 1.82) is 0 Å². The molecule has 1 aromatic rings. The van der Waals surface area contributed by atoms with Gasteiger partial charge in [0.15, 0.2) is 0 Å². The van der Waals surface area contributed by atoms with Gasteiger partial charge in [0.2, 0.25) is 0 Å². The molecule has 0 spiro atoms. The van der Waals surface area contributed by atoms with Crippen LogP contribution in [0.25, 0.3) is 6.08 Å². The molecule has 2 N–H and O–H groups in total. The summed E-state index contributed by atoms with van der Waals surface area (Å²) in [5.74, 6) is 0.760. The van der Waals surface area contributed by atoms with Gasteiger partial charge in [-0.1, -0.05) is 18.2 Å². The normalized spacial score (nSPS) is 10.6.